The minimum Gasteiger partial charge on any atom is -0.492 e. The highest BCUT2D eigenvalue weighted by Crippen LogP contribution is 2.27. The van der Waals surface area contributed by atoms with Gasteiger partial charge in [-0.2, -0.15) is 0 Å². The van der Waals surface area contributed by atoms with Gasteiger partial charge in [0.15, 0.2) is 6.29 Å². The molecule has 0 bridgehead atoms. The number of aliphatic hydroxyl groups is 1. The summed E-state index contributed by atoms with van der Waals surface area (Å²) < 4.78 is 6.43. The van der Waals surface area contributed by atoms with Crippen LogP contribution in [0, 0.1) is 6.92 Å². The standard InChI is InChI=1S/C13H17BrO3/c1-9-6-11(14)7-10(8-15)12(9)17-5-4-13(2,3)16/h6-8,16H,4-5H2,1-3H3. The maximum atomic E-state index is 10.9. The van der Waals surface area contributed by atoms with Gasteiger partial charge < -0.3 is 9.84 Å². The van der Waals surface area contributed by atoms with Crippen LogP contribution in [0.4, 0.5) is 0 Å². The molecule has 0 aliphatic rings. The van der Waals surface area contributed by atoms with Crippen LogP contribution in [0.25, 0.3) is 0 Å². The molecule has 0 aliphatic carbocycles. The van der Waals surface area contributed by atoms with Gasteiger partial charge in [-0.05, 0) is 38.5 Å². The summed E-state index contributed by atoms with van der Waals surface area (Å²) in [4.78, 5) is 10.9. The first kappa shape index (κ1) is 14.2. The maximum absolute atomic E-state index is 10.9. The van der Waals surface area contributed by atoms with Crippen molar-refractivity contribution in [1.82, 2.24) is 0 Å². The number of benzene rings is 1. The Morgan fingerprint density at radius 1 is 1.47 bits per heavy atom. The Morgan fingerprint density at radius 2 is 2.12 bits per heavy atom. The largest absolute Gasteiger partial charge is 0.492 e. The van der Waals surface area contributed by atoms with Gasteiger partial charge in [-0.3, -0.25) is 4.79 Å². The van der Waals surface area contributed by atoms with Crippen LogP contribution in [-0.2, 0) is 0 Å². The van der Waals surface area contributed by atoms with Gasteiger partial charge in [-0.15, -0.1) is 0 Å². The molecule has 0 radical (unpaired) electrons. The molecule has 94 valence electrons. The van der Waals surface area contributed by atoms with Gasteiger partial charge in [0.1, 0.15) is 5.75 Å². The summed E-state index contributed by atoms with van der Waals surface area (Å²) in [5, 5.41) is 9.58. The van der Waals surface area contributed by atoms with Gasteiger partial charge in [-0.1, -0.05) is 15.9 Å². The van der Waals surface area contributed by atoms with Crippen LogP contribution in [0.15, 0.2) is 16.6 Å². The zero-order valence-electron chi connectivity index (χ0n) is 10.3. The third-order valence-electron chi connectivity index (χ3n) is 2.36. The number of carbonyl (C=O) groups is 1. The molecule has 3 nitrogen and oxygen atoms in total. The minimum atomic E-state index is -0.759. The lowest BCUT2D eigenvalue weighted by Crippen LogP contribution is -2.22. The monoisotopic (exact) mass is 300 g/mol. The lowest BCUT2D eigenvalue weighted by molar-refractivity contribution is 0.0551. The first-order valence-electron chi connectivity index (χ1n) is 5.44. The summed E-state index contributed by atoms with van der Waals surface area (Å²) in [6, 6.07) is 3.62. The zero-order chi connectivity index (χ0) is 13.1. The molecule has 0 unspecified atom stereocenters. The normalized spacial score (nSPS) is 11.4. The van der Waals surface area contributed by atoms with Crippen molar-refractivity contribution in [3.8, 4) is 5.75 Å². The molecule has 0 heterocycles. The molecule has 0 spiro atoms. The van der Waals surface area contributed by atoms with Gasteiger partial charge in [0.25, 0.3) is 0 Å². The molecule has 0 saturated carbocycles. The second-order valence-electron chi connectivity index (χ2n) is 4.67. The Balaban J connectivity index is 2.80. The predicted octanol–water partition coefficient (Wildman–Crippen LogP) is 3.11. The van der Waals surface area contributed by atoms with E-state index in [4.69, 9.17) is 4.74 Å². The number of hydrogen-bond donors (Lipinski definition) is 1. The quantitative estimate of drug-likeness (QED) is 0.850. The number of halogens is 1. The molecule has 0 saturated heterocycles. The summed E-state index contributed by atoms with van der Waals surface area (Å²) in [5.41, 5.74) is 0.662. The number of aldehydes is 1. The molecule has 0 aromatic heterocycles. The molecule has 0 amide bonds. The molecule has 1 aromatic carbocycles. The highest BCUT2D eigenvalue weighted by atomic mass is 79.9. The van der Waals surface area contributed by atoms with Crippen molar-refractivity contribution in [3.05, 3.63) is 27.7 Å². The van der Waals surface area contributed by atoms with Crippen molar-refractivity contribution in [1.29, 1.82) is 0 Å². The average Bonchev–Trinajstić information content (AvgIpc) is 2.18. The summed E-state index contributed by atoms with van der Waals surface area (Å²) in [5.74, 6) is 0.590. The predicted molar refractivity (Wildman–Crippen MR) is 70.7 cm³/mol. The number of ether oxygens (including phenoxy) is 1. The van der Waals surface area contributed by atoms with Crippen LogP contribution in [0.1, 0.15) is 36.2 Å². The van der Waals surface area contributed by atoms with Crippen molar-refractivity contribution in [2.45, 2.75) is 32.8 Å². The minimum absolute atomic E-state index is 0.382. The van der Waals surface area contributed by atoms with E-state index in [0.717, 1.165) is 16.3 Å². The van der Waals surface area contributed by atoms with Crippen molar-refractivity contribution in [2.24, 2.45) is 0 Å². The smallest absolute Gasteiger partial charge is 0.153 e. The second-order valence-corrected chi connectivity index (χ2v) is 5.59. The van der Waals surface area contributed by atoms with Gasteiger partial charge in [-0.25, -0.2) is 0 Å². The molecule has 0 aliphatic heterocycles. The lowest BCUT2D eigenvalue weighted by atomic mass is 10.1. The molecule has 1 aromatic rings. The van der Waals surface area contributed by atoms with E-state index in [-0.39, 0.29) is 0 Å². The van der Waals surface area contributed by atoms with Crippen molar-refractivity contribution >= 4 is 22.2 Å². The number of aryl methyl sites for hydroxylation is 1. The van der Waals surface area contributed by atoms with Crippen LogP contribution in [-0.4, -0.2) is 23.6 Å². The SMILES string of the molecule is Cc1cc(Br)cc(C=O)c1OCCC(C)(C)O. The van der Waals surface area contributed by atoms with E-state index in [9.17, 15) is 9.90 Å². The number of carbonyl (C=O) groups excluding carboxylic acids is 1. The van der Waals surface area contributed by atoms with Crippen LogP contribution >= 0.6 is 15.9 Å². The molecular weight excluding hydrogens is 284 g/mol. The van der Waals surface area contributed by atoms with E-state index in [0.29, 0.717) is 24.3 Å². The van der Waals surface area contributed by atoms with E-state index in [2.05, 4.69) is 15.9 Å². The van der Waals surface area contributed by atoms with Crippen LogP contribution in [0.5, 0.6) is 5.75 Å². The van der Waals surface area contributed by atoms with Gasteiger partial charge in [0.05, 0.1) is 17.8 Å². The molecule has 4 heteroatoms. The highest BCUT2D eigenvalue weighted by molar-refractivity contribution is 9.10. The topological polar surface area (TPSA) is 46.5 Å². The summed E-state index contributed by atoms with van der Waals surface area (Å²) >= 11 is 3.33. The third kappa shape index (κ3) is 4.48. The Morgan fingerprint density at radius 3 is 2.65 bits per heavy atom. The molecular formula is C13H17BrO3. The number of rotatable bonds is 5. The van der Waals surface area contributed by atoms with Crippen molar-refractivity contribution in [2.75, 3.05) is 6.61 Å². The van der Waals surface area contributed by atoms with Crippen molar-refractivity contribution < 1.29 is 14.6 Å². The van der Waals surface area contributed by atoms with Crippen molar-refractivity contribution in [3.63, 3.8) is 0 Å². The van der Waals surface area contributed by atoms with E-state index >= 15 is 0 Å². The Bertz CT molecular complexity index is 408. The molecule has 0 fully saturated rings. The van der Waals surface area contributed by atoms with Crippen LogP contribution in [0.3, 0.4) is 0 Å². The first-order chi connectivity index (χ1) is 7.83. The second kappa shape index (κ2) is 5.65. The summed E-state index contributed by atoms with van der Waals surface area (Å²) in [7, 11) is 0. The molecule has 1 rings (SSSR count). The Kier molecular flexibility index (Phi) is 4.71. The third-order valence-corrected chi connectivity index (χ3v) is 2.81. The Hall–Kier alpha value is -0.870. The Labute approximate surface area is 110 Å². The highest BCUT2D eigenvalue weighted by Gasteiger charge is 2.14. The molecule has 1 N–H and O–H groups in total. The molecule has 0 atom stereocenters. The van der Waals surface area contributed by atoms with Gasteiger partial charge in [0.2, 0.25) is 0 Å². The maximum Gasteiger partial charge on any atom is 0.153 e. The summed E-state index contributed by atoms with van der Waals surface area (Å²) in [6.07, 6.45) is 1.29. The summed E-state index contributed by atoms with van der Waals surface area (Å²) in [6.45, 7) is 5.72. The van der Waals surface area contributed by atoms with Crippen LogP contribution in [0.2, 0.25) is 0 Å². The zero-order valence-corrected chi connectivity index (χ0v) is 11.9. The van der Waals surface area contributed by atoms with E-state index in [1.165, 1.54) is 0 Å². The fourth-order valence-electron chi connectivity index (χ4n) is 1.44. The lowest BCUT2D eigenvalue weighted by Gasteiger charge is -2.18. The van der Waals surface area contributed by atoms with E-state index in [1.54, 1.807) is 19.9 Å². The van der Waals surface area contributed by atoms with E-state index in [1.807, 2.05) is 13.0 Å². The number of hydrogen-bond acceptors (Lipinski definition) is 3. The van der Waals surface area contributed by atoms with Gasteiger partial charge in [0, 0.05) is 10.9 Å². The molecule has 17 heavy (non-hydrogen) atoms. The van der Waals surface area contributed by atoms with Crippen LogP contribution < -0.4 is 4.74 Å². The van der Waals surface area contributed by atoms with E-state index < -0.39 is 5.60 Å². The van der Waals surface area contributed by atoms with Gasteiger partial charge >= 0.3 is 0 Å². The average molecular weight is 301 g/mol. The fourth-order valence-corrected chi connectivity index (χ4v) is 2.03. The fraction of sp³-hybridized carbons (Fsp3) is 0.462. The first-order valence-corrected chi connectivity index (χ1v) is 6.23.